The summed E-state index contributed by atoms with van der Waals surface area (Å²) in [5, 5.41) is 3.18. The number of pyridine rings is 2. The van der Waals surface area contributed by atoms with Crippen molar-refractivity contribution in [1.82, 2.24) is 19.9 Å². The summed E-state index contributed by atoms with van der Waals surface area (Å²) in [4.78, 5) is 30.3. The average Bonchev–Trinajstić information content (AvgIpc) is 2.68. The molecule has 7 heteroatoms. The lowest BCUT2D eigenvalue weighted by Crippen LogP contribution is -2.23. The highest BCUT2D eigenvalue weighted by Gasteiger charge is 2.05. The van der Waals surface area contributed by atoms with E-state index in [-0.39, 0.29) is 5.56 Å². The van der Waals surface area contributed by atoms with Crippen molar-refractivity contribution in [2.24, 2.45) is 0 Å². The molecule has 3 aromatic heterocycles. The lowest BCUT2D eigenvalue weighted by Gasteiger charge is -2.18. The number of anilines is 2. The van der Waals surface area contributed by atoms with Gasteiger partial charge in [-0.2, -0.15) is 0 Å². The van der Waals surface area contributed by atoms with Gasteiger partial charge in [0.05, 0.1) is 0 Å². The predicted octanol–water partition coefficient (Wildman–Crippen LogP) is 2.71. The summed E-state index contributed by atoms with van der Waals surface area (Å²) >= 11 is 0. The summed E-state index contributed by atoms with van der Waals surface area (Å²) in [5.41, 5.74) is 3.46. The van der Waals surface area contributed by atoms with E-state index in [1.54, 1.807) is 12.4 Å². The van der Waals surface area contributed by atoms with Crippen molar-refractivity contribution in [2.75, 3.05) is 30.4 Å². The number of aromatic amines is 1. The molecule has 0 bridgehead atoms. The number of nitrogens with one attached hydrogen (secondary N) is 2. The van der Waals surface area contributed by atoms with Crippen molar-refractivity contribution in [1.29, 1.82) is 0 Å². The van der Waals surface area contributed by atoms with Crippen molar-refractivity contribution in [3.8, 4) is 0 Å². The first-order valence-corrected chi connectivity index (χ1v) is 9.39. The minimum Gasteiger partial charge on any atom is -0.360 e. The van der Waals surface area contributed by atoms with E-state index >= 15 is 0 Å². The summed E-state index contributed by atoms with van der Waals surface area (Å²) in [6.45, 7) is 5.49. The second kappa shape index (κ2) is 9.12. The third-order valence-corrected chi connectivity index (χ3v) is 4.47. The topological polar surface area (TPSA) is 86.8 Å². The number of nitrogens with zero attached hydrogens (tertiary/aromatic N) is 4. The van der Waals surface area contributed by atoms with E-state index < -0.39 is 0 Å². The number of hydrogen-bond donors (Lipinski definition) is 2. The molecule has 3 heterocycles. The molecule has 0 amide bonds. The van der Waals surface area contributed by atoms with E-state index in [4.69, 9.17) is 0 Å². The number of aryl methyl sites for hydroxylation is 2. The highest BCUT2D eigenvalue weighted by Crippen LogP contribution is 2.09. The third-order valence-electron chi connectivity index (χ3n) is 4.47. The minimum absolute atomic E-state index is 0.126. The molecule has 0 saturated heterocycles. The molecule has 0 atom stereocenters. The van der Waals surface area contributed by atoms with E-state index in [0.29, 0.717) is 24.5 Å². The van der Waals surface area contributed by atoms with Gasteiger partial charge in [0.1, 0.15) is 5.82 Å². The maximum atomic E-state index is 12.3. The molecule has 0 saturated carbocycles. The van der Waals surface area contributed by atoms with Gasteiger partial charge in [0, 0.05) is 55.9 Å². The highest BCUT2D eigenvalue weighted by molar-refractivity contribution is 5.38. The SMILES string of the molecule is Cc1ccc(Cc2cnc(NCCCN(C)c3cccc(C)n3)[nH]c2=O)cn1. The number of rotatable bonds is 8. The van der Waals surface area contributed by atoms with Crippen LogP contribution in [0.25, 0.3) is 0 Å². The molecule has 0 fully saturated rings. The molecule has 0 spiro atoms. The van der Waals surface area contributed by atoms with Crippen LogP contribution in [0, 0.1) is 13.8 Å². The van der Waals surface area contributed by atoms with Gasteiger partial charge in [-0.05, 0) is 44.0 Å². The van der Waals surface area contributed by atoms with Crippen LogP contribution in [0.4, 0.5) is 11.8 Å². The summed E-state index contributed by atoms with van der Waals surface area (Å²) in [6, 6.07) is 9.92. The molecule has 3 aromatic rings. The molecule has 0 radical (unpaired) electrons. The average molecular weight is 378 g/mol. The van der Waals surface area contributed by atoms with Crippen molar-refractivity contribution >= 4 is 11.8 Å². The predicted molar refractivity (Wildman–Crippen MR) is 112 cm³/mol. The summed E-state index contributed by atoms with van der Waals surface area (Å²) in [6.07, 6.45) is 4.83. The van der Waals surface area contributed by atoms with Gasteiger partial charge in [0.25, 0.3) is 5.56 Å². The van der Waals surface area contributed by atoms with Gasteiger partial charge in [-0.25, -0.2) is 9.97 Å². The van der Waals surface area contributed by atoms with Gasteiger partial charge < -0.3 is 10.2 Å². The zero-order valence-electron chi connectivity index (χ0n) is 16.6. The van der Waals surface area contributed by atoms with E-state index in [1.165, 1.54) is 0 Å². The standard InChI is InChI=1S/C21H26N6O/c1-15-8-9-17(13-23-15)12-18-14-24-21(26-20(18)28)22-10-5-11-27(3)19-7-4-6-16(2)25-19/h4,6-9,13-14H,5,10-12H2,1-3H3,(H2,22,24,26,28). The Kier molecular flexibility index (Phi) is 6.37. The molecule has 0 unspecified atom stereocenters. The van der Waals surface area contributed by atoms with Gasteiger partial charge in [-0.1, -0.05) is 12.1 Å². The van der Waals surface area contributed by atoms with E-state index in [1.807, 2.05) is 51.2 Å². The van der Waals surface area contributed by atoms with Crippen LogP contribution in [-0.4, -0.2) is 40.1 Å². The molecule has 2 N–H and O–H groups in total. The maximum Gasteiger partial charge on any atom is 0.255 e. The summed E-state index contributed by atoms with van der Waals surface area (Å²) < 4.78 is 0. The van der Waals surface area contributed by atoms with Gasteiger partial charge in [0.2, 0.25) is 5.95 Å². The van der Waals surface area contributed by atoms with Crippen LogP contribution in [0.1, 0.15) is 28.9 Å². The third kappa shape index (κ3) is 5.39. The first kappa shape index (κ1) is 19.5. The van der Waals surface area contributed by atoms with E-state index in [2.05, 4.69) is 30.2 Å². The van der Waals surface area contributed by atoms with Crippen molar-refractivity contribution < 1.29 is 0 Å². The van der Waals surface area contributed by atoms with Crippen LogP contribution < -0.4 is 15.8 Å². The van der Waals surface area contributed by atoms with Crippen molar-refractivity contribution in [3.63, 3.8) is 0 Å². The summed E-state index contributed by atoms with van der Waals surface area (Å²) in [7, 11) is 2.02. The quantitative estimate of drug-likeness (QED) is 0.586. The molecule has 0 aliphatic rings. The molecular weight excluding hydrogens is 352 g/mol. The lowest BCUT2D eigenvalue weighted by atomic mass is 10.1. The molecule has 3 rings (SSSR count). The first-order chi connectivity index (χ1) is 13.5. The minimum atomic E-state index is -0.126. The normalized spacial score (nSPS) is 10.7. The van der Waals surface area contributed by atoms with Crippen LogP contribution >= 0.6 is 0 Å². The fourth-order valence-electron chi connectivity index (χ4n) is 2.84. The molecule has 146 valence electrons. The lowest BCUT2D eigenvalue weighted by molar-refractivity contribution is 0.798. The highest BCUT2D eigenvalue weighted by atomic mass is 16.1. The molecular formula is C21H26N6O. The van der Waals surface area contributed by atoms with Crippen LogP contribution in [0.2, 0.25) is 0 Å². The van der Waals surface area contributed by atoms with Crippen LogP contribution in [0.15, 0.2) is 47.5 Å². The maximum absolute atomic E-state index is 12.3. The Morgan fingerprint density at radius 1 is 1.07 bits per heavy atom. The largest absolute Gasteiger partial charge is 0.360 e. The van der Waals surface area contributed by atoms with Gasteiger partial charge in [0.15, 0.2) is 0 Å². The Morgan fingerprint density at radius 3 is 2.64 bits per heavy atom. The van der Waals surface area contributed by atoms with E-state index in [0.717, 1.165) is 35.7 Å². The van der Waals surface area contributed by atoms with Crippen LogP contribution in [0.3, 0.4) is 0 Å². The Morgan fingerprint density at radius 2 is 1.93 bits per heavy atom. The molecule has 0 aliphatic heterocycles. The second-order valence-electron chi connectivity index (χ2n) is 6.91. The van der Waals surface area contributed by atoms with Gasteiger partial charge >= 0.3 is 0 Å². The zero-order valence-corrected chi connectivity index (χ0v) is 16.6. The monoisotopic (exact) mass is 378 g/mol. The molecule has 28 heavy (non-hydrogen) atoms. The van der Waals surface area contributed by atoms with E-state index in [9.17, 15) is 4.79 Å². The first-order valence-electron chi connectivity index (χ1n) is 9.39. The Bertz CT molecular complexity index is 967. The fraction of sp³-hybridized carbons (Fsp3) is 0.333. The van der Waals surface area contributed by atoms with Crippen LogP contribution in [0.5, 0.6) is 0 Å². The number of hydrogen-bond acceptors (Lipinski definition) is 6. The number of aromatic nitrogens is 4. The Labute approximate surface area is 164 Å². The molecule has 0 aliphatic carbocycles. The molecule has 0 aromatic carbocycles. The van der Waals surface area contributed by atoms with Crippen LogP contribution in [-0.2, 0) is 6.42 Å². The van der Waals surface area contributed by atoms with Crippen molar-refractivity contribution in [2.45, 2.75) is 26.7 Å². The Balaban J connectivity index is 1.49. The summed E-state index contributed by atoms with van der Waals surface area (Å²) in [5.74, 6) is 1.45. The van der Waals surface area contributed by atoms with Gasteiger partial charge in [-0.15, -0.1) is 0 Å². The number of H-pyrrole nitrogens is 1. The second-order valence-corrected chi connectivity index (χ2v) is 6.91. The zero-order chi connectivity index (χ0) is 19.9. The van der Waals surface area contributed by atoms with Gasteiger partial charge in [-0.3, -0.25) is 14.8 Å². The van der Waals surface area contributed by atoms with Crippen molar-refractivity contribution in [3.05, 3.63) is 75.6 Å². The Hall–Kier alpha value is -3.22. The fourth-order valence-corrected chi connectivity index (χ4v) is 2.84. The smallest absolute Gasteiger partial charge is 0.255 e. The molecule has 7 nitrogen and oxygen atoms in total.